The largest absolute Gasteiger partial charge is 0.497 e. The summed E-state index contributed by atoms with van der Waals surface area (Å²) in [7, 11) is 3.21. The molecule has 0 aliphatic carbocycles. The Bertz CT molecular complexity index is 797. The van der Waals surface area contributed by atoms with Crippen molar-refractivity contribution in [1.82, 2.24) is 20.3 Å². The van der Waals surface area contributed by atoms with E-state index in [1.165, 1.54) is 0 Å². The van der Waals surface area contributed by atoms with Crippen LogP contribution >= 0.6 is 0 Å². The van der Waals surface area contributed by atoms with Crippen LogP contribution in [-0.4, -0.2) is 65.2 Å². The van der Waals surface area contributed by atoms with Crippen molar-refractivity contribution in [2.75, 3.05) is 26.1 Å². The normalized spacial score (nSPS) is 21.2. The van der Waals surface area contributed by atoms with Crippen LogP contribution in [0.4, 0.5) is 10.5 Å². The number of carbonyl (C=O) groups is 1. The Balaban J connectivity index is 1.45. The molecule has 1 aliphatic heterocycles. The second kappa shape index (κ2) is 10.9. The first-order valence-electron chi connectivity index (χ1n) is 9.97. The van der Waals surface area contributed by atoms with Gasteiger partial charge in [0.15, 0.2) is 0 Å². The number of hydrogen-bond donors (Lipinski definition) is 3. The fourth-order valence-electron chi connectivity index (χ4n) is 3.46. The van der Waals surface area contributed by atoms with Gasteiger partial charge in [-0.15, -0.1) is 5.10 Å². The molecule has 2 amide bonds. The number of hydrogen-bond acceptors (Lipinski definition) is 7. The lowest BCUT2D eigenvalue weighted by atomic mass is 9.97. The fraction of sp³-hybridized carbons (Fsp3) is 0.550. The minimum atomic E-state index is -0.454. The minimum absolute atomic E-state index is 0.0140. The fourth-order valence-corrected chi connectivity index (χ4v) is 3.46. The molecule has 164 valence electrons. The highest BCUT2D eigenvalue weighted by Crippen LogP contribution is 2.23. The van der Waals surface area contributed by atoms with E-state index in [1.807, 2.05) is 6.20 Å². The van der Waals surface area contributed by atoms with Gasteiger partial charge in [-0.3, -0.25) is 4.68 Å². The van der Waals surface area contributed by atoms with Crippen molar-refractivity contribution < 1.29 is 24.1 Å². The number of aromatic nitrogens is 3. The number of aliphatic hydroxyl groups is 1. The zero-order valence-corrected chi connectivity index (χ0v) is 17.3. The van der Waals surface area contributed by atoms with Gasteiger partial charge in [-0.2, -0.15) is 0 Å². The molecule has 0 radical (unpaired) electrons. The average molecular weight is 419 g/mol. The smallest absolute Gasteiger partial charge is 0.319 e. The van der Waals surface area contributed by atoms with Gasteiger partial charge in [-0.25, -0.2) is 4.79 Å². The lowest BCUT2D eigenvalue weighted by molar-refractivity contribution is -0.0905. The van der Waals surface area contributed by atoms with E-state index >= 15 is 0 Å². The van der Waals surface area contributed by atoms with Gasteiger partial charge in [-0.1, -0.05) is 5.21 Å². The number of urea groups is 1. The molecule has 0 bridgehead atoms. The predicted molar refractivity (Wildman–Crippen MR) is 109 cm³/mol. The molecule has 1 fully saturated rings. The van der Waals surface area contributed by atoms with Gasteiger partial charge in [0.2, 0.25) is 0 Å². The molecule has 10 nitrogen and oxygen atoms in total. The van der Waals surface area contributed by atoms with E-state index in [9.17, 15) is 9.90 Å². The maximum Gasteiger partial charge on any atom is 0.319 e. The number of aryl methyl sites for hydroxylation is 1. The predicted octanol–water partition coefficient (Wildman–Crippen LogP) is 1.55. The van der Waals surface area contributed by atoms with Gasteiger partial charge in [-0.05, 0) is 43.5 Å². The Morgan fingerprint density at radius 3 is 2.80 bits per heavy atom. The van der Waals surface area contributed by atoms with Gasteiger partial charge in [0.25, 0.3) is 0 Å². The highest BCUT2D eigenvalue weighted by Gasteiger charge is 2.31. The average Bonchev–Trinajstić information content (AvgIpc) is 3.21. The van der Waals surface area contributed by atoms with Gasteiger partial charge < -0.3 is 30.0 Å². The van der Waals surface area contributed by atoms with Crippen LogP contribution in [0.15, 0.2) is 30.5 Å². The van der Waals surface area contributed by atoms with Crippen molar-refractivity contribution in [2.24, 2.45) is 0 Å². The van der Waals surface area contributed by atoms with Crippen LogP contribution in [0.25, 0.3) is 0 Å². The molecule has 2 aromatic rings. The van der Waals surface area contributed by atoms with Crippen molar-refractivity contribution in [2.45, 2.75) is 50.7 Å². The molecule has 1 aliphatic rings. The van der Waals surface area contributed by atoms with E-state index in [0.717, 1.165) is 25.0 Å². The van der Waals surface area contributed by atoms with E-state index in [4.69, 9.17) is 14.2 Å². The van der Waals surface area contributed by atoms with Crippen molar-refractivity contribution in [3.05, 3.63) is 36.2 Å². The molecule has 3 N–H and O–H groups in total. The number of rotatable bonds is 9. The monoisotopic (exact) mass is 419 g/mol. The topological polar surface area (TPSA) is 120 Å². The minimum Gasteiger partial charge on any atom is -0.497 e. The van der Waals surface area contributed by atoms with Crippen LogP contribution in [0.5, 0.6) is 5.75 Å². The third kappa shape index (κ3) is 6.15. The third-order valence-electron chi connectivity index (χ3n) is 5.02. The molecule has 3 atom stereocenters. The summed E-state index contributed by atoms with van der Waals surface area (Å²) >= 11 is 0. The molecule has 1 saturated heterocycles. The van der Waals surface area contributed by atoms with Crippen LogP contribution in [-0.2, 0) is 22.6 Å². The molecule has 10 heteroatoms. The SMILES string of the molecule is COCc1cn(CC[C@@H]2CC[C@H](NC(=O)Nc3ccc(OC)cc3)[C@@H](CO)O2)nn1. The molecule has 0 unspecified atom stereocenters. The van der Waals surface area contributed by atoms with Crippen LogP contribution in [0.2, 0.25) is 0 Å². The second-order valence-corrected chi connectivity index (χ2v) is 7.18. The summed E-state index contributed by atoms with van der Waals surface area (Å²) in [5, 5.41) is 23.5. The van der Waals surface area contributed by atoms with Crippen LogP contribution in [0.1, 0.15) is 25.0 Å². The van der Waals surface area contributed by atoms with E-state index in [-0.39, 0.29) is 24.8 Å². The number of benzene rings is 1. The number of anilines is 1. The quantitative estimate of drug-likeness (QED) is 0.564. The first kappa shape index (κ1) is 22.0. The standard InChI is InChI=1S/C20H29N5O5/c1-28-13-15-11-25(24-23-15)10-9-17-7-8-18(19(12-26)30-17)22-20(27)21-14-3-5-16(29-2)6-4-14/h3-6,11,17-19,26H,7-10,12-13H2,1-2H3,(H2,21,22,27)/t17-,18-,19+/m0/s1. The first-order chi connectivity index (χ1) is 14.6. The van der Waals surface area contributed by atoms with Crippen molar-refractivity contribution in [1.29, 1.82) is 0 Å². The van der Waals surface area contributed by atoms with Crippen LogP contribution in [0.3, 0.4) is 0 Å². The maximum atomic E-state index is 12.3. The lowest BCUT2D eigenvalue weighted by Crippen LogP contribution is -2.52. The Kier molecular flexibility index (Phi) is 8.00. The number of amides is 2. The van der Waals surface area contributed by atoms with E-state index in [1.54, 1.807) is 43.2 Å². The van der Waals surface area contributed by atoms with Crippen LogP contribution in [0, 0.1) is 0 Å². The summed E-state index contributed by atoms with van der Waals surface area (Å²) < 4.78 is 17.9. The molecule has 0 saturated carbocycles. The zero-order chi connectivity index (χ0) is 21.3. The summed E-state index contributed by atoms with van der Waals surface area (Å²) in [4.78, 5) is 12.3. The first-order valence-corrected chi connectivity index (χ1v) is 9.97. The van der Waals surface area contributed by atoms with Crippen molar-refractivity contribution in [3.63, 3.8) is 0 Å². The van der Waals surface area contributed by atoms with Crippen LogP contribution < -0.4 is 15.4 Å². The molecule has 1 aromatic carbocycles. The second-order valence-electron chi connectivity index (χ2n) is 7.18. The molecule has 1 aromatic heterocycles. The molecule has 0 spiro atoms. The van der Waals surface area contributed by atoms with E-state index in [0.29, 0.717) is 24.6 Å². The Labute approximate surface area is 175 Å². The Morgan fingerprint density at radius 2 is 2.10 bits per heavy atom. The third-order valence-corrected chi connectivity index (χ3v) is 5.02. The van der Waals surface area contributed by atoms with E-state index < -0.39 is 6.10 Å². The molecular formula is C20H29N5O5. The maximum absolute atomic E-state index is 12.3. The highest BCUT2D eigenvalue weighted by molar-refractivity contribution is 5.89. The number of ether oxygens (including phenoxy) is 3. The number of nitrogens with one attached hydrogen (secondary N) is 2. The Hall–Kier alpha value is -2.69. The molecule has 2 heterocycles. The number of carbonyl (C=O) groups excluding carboxylic acids is 1. The lowest BCUT2D eigenvalue weighted by Gasteiger charge is -2.36. The van der Waals surface area contributed by atoms with Gasteiger partial charge in [0.1, 0.15) is 17.5 Å². The summed E-state index contributed by atoms with van der Waals surface area (Å²) in [5.41, 5.74) is 1.44. The summed E-state index contributed by atoms with van der Waals surface area (Å²) in [6.45, 7) is 0.930. The molecule has 3 rings (SSSR count). The van der Waals surface area contributed by atoms with Crippen molar-refractivity contribution >= 4 is 11.7 Å². The number of methoxy groups -OCH3 is 2. The van der Waals surface area contributed by atoms with Gasteiger partial charge in [0.05, 0.1) is 38.7 Å². The summed E-state index contributed by atoms with van der Waals surface area (Å²) in [6, 6.07) is 6.47. The van der Waals surface area contributed by atoms with Crippen molar-refractivity contribution in [3.8, 4) is 5.75 Å². The summed E-state index contributed by atoms with van der Waals surface area (Å²) in [6.07, 6.45) is 3.63. The number of aliphatic hydroxyl groups excluding tert-OH is 1. The summed E-state index contributed by atoms with van der Waals surface area (Å²) in [5.74, 6) is 0.717. The number of nitrogens with zero attached hydrogens (tertiary/aromatic N) is 3. The molecule has 30 heavy (non-hydrogen) atoms. The van der Waals surface area contributed by atoms with E-state index in [2.05, 4.69) is 20.9 Å². The Morgan fingerprint density at radius 1 is 1.30 bits per heavy atom. The zero-order valence-electron chi connectivity index (χ0n) is 17.3. The van der Waals surface area contributed by atoms with Gasteiger partial charge >= 0.3 is 6.03 Å². The van der Waals surface area contributed by atoms with Gasteiger partial charge in [0, 0.05) is 19.3 Å². The molecular weight excluding hydrogens is 390 g/mol. The highest BCUT2D eigenvalue weighted by atomic mass is 16.5.